The van der Waals surface area contributed by atoms with Crippen molar-refractivity contribution in [2.45, 2.75) is 10.8 Å². The van der Waals surface area contributed by atoms with Crippen molar-refractivity contribution in [3.8, 4) is 5.75 Å². The summed E-state index contributed by atoms with van der Waals surface area (Å²) >= 11 is 7.68. The molecule has 1 aromatic heterocycles. The van der Waals surface area contributed by atoms with Crippen molar-refractivity contribution in [2.24, 2.45) is 0 Å². The topological polar surface area (TPSA) is 56.5 Å². The first-order chi connectivity index (χ1) is 12.1. The lowest BCUT2D eigenvalue weighted by molar-refractivity contribution is -0.121. The fourth-order valence-corrected chi connectivity index (χ4v) is 4.42. The lowest BCUT2D eigenvalue weighted by Gasteiger charge is -2.13. The lowest BCUT2D eigenvalue weighted by atomic mass is 9.94. The molecule has 6 heteroatoms. The fourth-order valence-electron chi connectivity index (χ4n) is 2.96. The molecule has 0 spiro atoms. The van der Waals surface area contributed by atoms with Crippen molar-refractivity contribution in [3.63, 3.8) is 0 Å². The smallest absolute Gasteiger partial charge is 0.336 e. The number of hydrogen-bond acceptors (Lipinski definition) is 5. The molecular weight excluding hydrogens is 360 g/mol. The molecule has 2 aromatic carbocycles. The van der Waals surface area contributed by atoms with E-state index in [4.69, 9.17) is 20.8 Å². The number of para-hydroxylation sites is 1. The molecule has 25 heavy (non-hydrogen) atoms. The molecule has 0 saturated carbocycles. The van der Waals surface area contributed by atoms with Crippen LogP contribution in [-0.2, 0) is 4.79 Å². The van der Waals surface area contributed by atoms with Gasteiger partial charge in [-0.05, 0) is 35.9 Å². The summed E-state index contributed by atoms with van der Waals surface area (Å²) in [6.07, 6.45) is 0. The first-order valence-corrected chi connectivity index (χ1v) is 9.09. The van der Waals surface area contributed by atoms with Crippen molar-refractivity contribution < 1.29 is 13.9 Å². The first-order valence-electron chi connectivity index (χ1n) is 7.73. The summed E-state index contributed by atoms with van der Waals surface area (Å²) < 4.78 is 10.8. The molecule has 0 saturated heterocycles. The van der Waals surface area contributed by atoms with E-state index >= 15 is 0 Å². The highest BCUT2D eigenvalue weighted by atomic mass is 35.5. The zero-order valence-corrected chi connectivity index (χ0v) is 14.6. The Balaban J connectivity index is 1.62. The van der Waals surface area contributed by atoms with E-state index in [1.165, 1.54) is 6.07 Å². The second kappa shape index (κ2) is 6.58. The molecule has 0 aliphatic carbocycles. The Kier molecular flexibility index (Phi) is 4.27. The van der Waals surface area contributed by atoms with E-state index < -0.39 is 5.63 Å². The number of ether oxygens (including phenoxy) is 1. The Hall–Kier alpha value is -2.24. The van der Waals surface area contributed by atoms with Gasteiger partial charge < -0.3 is 9.15 Å². The zero-order valence-electron chi connectivity index (χ0n) is 13.0. The highest BCUT2D eigenvalue weighted by Gasteiger charge is 2.31. The maximum atomic E-state index is 12.7. The predicted molar refractivity (Wildman–Crippen MR) is 97.9 cm³/mol. The van der Waals surface area contributed by atoms with Gasteiger partial charge >= 0.3 is 5.63 Å². The predicted octanol–water partition coefficient (Wildman–Crippen LogP) is 4.28. The van der Waals surface area contributed by atoms with Gasteiger partial charge in [0.25, 0.3) is 0 Å². The Morgan fingerprint density at radius 1 is 1.20 bits per heavy atom. The van der Waals surface area contributed by atoms with E-state index in [-0.39, 0.29) is 18.3 Å². The van der Waals surface area contributed by atoms with Crippen LogP contribution in [0.25, 0.3) is 11.0 Å². The van der Waals surface area contributed by atoms with Crippen molar-refractivity contribution >= 4 is 40.1 Å². The monoisotopic (exact) mass is 372 g/mol. The Labute approximate surface area is 152 Å². The van der Waals surface area contributed by atoms with Crippen LogP contribution in [0, 0.1) is 0 Å². The van der Waals surface area contributed by atoms with E-state index in [9.17, 15) is 9.59 Å². The van der Waals surface area contributed by atoms with Crippen LogP contribution < -0.4 is 10.4 Å². The standard InChI is InChI=1S/C19H13ClO4S/c20-13-3-1-2-4-16(13)23-9-14(21)12-10-25-17-7-6-15-11(19(12)17)5-8-18(22)24-15/h1-8,12H,9-10H2. The summed E-state index contributed by atoms with van der Waals surface area (Å²) in [5.74, 6) is 0.828. The number of hydrogen-bond donors (Lipinski definition) is 0. The minimum atomic E-state index is -0.400. The molecule has 0 amide bonds. The summed E-state index contributed by atoms with van der Waals surface area (Å²) in [6.45, 7) is -0.0540. The van der Waals surface area contributed by atoms with Gasteiger partial charge in [-0.25, -0.2) is 4.79 Å². The highest BCUT2D eigenvalue weighted by Crippen LogP contribution is 2.43. The normalized spacial score (nSPS) is 16.0. The molecule has 0 N–H and O–H groups in total. The number of thioether (sulfide) groups is 1. The number of Topliss-reactive ketones (excluding diaryl/α,β-unsaturated/α-hetero) is 1. The first kappa shape index (κ1) is 16.2. The molecule has 1 aliphatic rings. The lowest BCUT2D eigenvalue weighted by Crippen LogP contribution is -2.20. The second-order valence-corrected chi connectivity index (χ2v) is 7.16. The number of fused-ring (bicyclic) bond motifs is 3. The molecule has 0 fully saturated rings. The fraction of sp³-hybridized carbons (Fsp3) is 0.158. The number of carbonyl (C=O) groups excluding carboxylic acids is 1. The van der Waals surface area contributed by atoms with Crippen molar-refractivity contribution in [2.75, 3.05) is 12.4 Å². The number of ketones is 1. The third-order valence-electron chi connectivity index (χ3n) is 4.15. The van der Waals surface area contributed by atoms with Crippen molar-refractivity contribution in [1.29, 1.82) is 0 Å². The van der Waals surface area contributed by atoms with Crippen LogP contribution in [0.15, 0.2) is 62.6 Å². The van der Waals surface area contributed by atoms with Crippen LogP contribution in [-0.4, -0.2) is 18.1 Å². The average Bonchev–Trinajstić information content (AvgIpc) is 3.05. The molecule has 0 bridgehead atoms. The molecule has 3 aromatic rings. The minimum absolute atomic E-state index is 0.0233. The van der Waals surface area contributed by atoms with Crippen LogP contribution >= 0.6 is 23.4 Å². The van der Waals surface area contributed by atoms with Crippen molar-refractivity contribution in [3.05, 3.63) is 69.5 Å². The summed E-state index contributed by atoms with van der Waals surface area (Å²) in [4.78, 5) is 25.2. The number of halogens is 1. The van der Waals surface area contributed by atoms with Gasteiger partial charge in [-0.1, -0.05) is 23.7 Å². The van der Waals surface area contributed by atoms with Crippen LogP contribution in [0.1, 0.15) is 11.5 Å². The molecular formula is C19H13ClO4S. The molecule has 2 heterocycles. The maximum absolute atomic E-state index is 12.7. The van der Waals surface area contributed by atoms with Crippen molar-refractivity contribution in [1.82, 2.24) is 0 Å². The number of rotatable bonds is 4. The van der Waals surface area contributed by atoms with Gasteiger partial charge in [-0.2, -0.15) is 0 Å². The molecule has 1 unspecified atom stereocenters. The van der Waals surface area contributed by atoms with Gasteiger partial charge in [0.05, 0.1) is 10.9 Å². The third-order valence-corrected chi connectivity index (χ3v) is 5.63. The molecule has 0 radical (unpaired) electrons. The summed E-state index contributed by atoms with van der Waals surface area (Å²) in [5.41, 5.74) is 1.01. The summed E-state index contributed by atoms with van der Waals surface area (Å²) in [5, 5.41) is 1.28. The van der Waals surface area contributed by atoms with Crippen LogP contribution in [0.5, 0.6) is 5.75 Å². The quantitative estimate of drug-likeness (QED) is 0.639. The van der Waals surface area contributed by atoms with E-state index in [1.807, 2.05) is 12.1 Å². The number of carbonyl (C=O) groups is 1. The zero-order chi connectivity index (χ0) is 17.4. The minimum Gasteiger partial charge on any atom is -0.484 e. The Morgan fingerprint density at radius 3 is 2.88 bits per heavy atom. The molecule has 1 aliphatic heterocycles. The molecule has 126 valence electrons. The van der Waals surface area contributed by atoms with Gasteiger partial charge in [0.2, 0.25) is 0 Å². The third kappa shape index (κ3) is 3.05. The highest BCUT2D eigenvalue weighted by molar-refractivity contribution is 7.99. The largest absolute Gasteiger partial charge is 0.484 e. The van der Waals surface area contributed by atoms with Gasteiger partial charge in [0.1, 0.15) is 17.9 Å². The van der Waals surface area contributed by atoms with E-state index in [1.54, 1.807) is 42.1 Å². The van der Waals surface area contributed by atoms with Crippen LogP contribution in [0.2, 0.25) is 5.02 Å². The van der Waals surface area contributed by atoms with Gasteiger partial charge in [-0.3, -0.25) is 4.79 Å². The van der Waals surface area contributed by atoms with E-state index in [0.717, 1.165) is 15.8 Å². The Morgan fingerprint density at radius 2 is 2.04 bits per heavy atom. The average molecular weight is 373 g/mol. The van der Waals surface area contributed by atoms with Crippen LogP contribution in [0.4, 0.5) is 0 Å². The number of benzene rings is 2. The van der Waals surface area contributed by atoms with E-state index in [2.05, 4.69) is 0 Å². The summed E-state index contributed by atoms with van der Waals surface area (Å²) in [7, 11) is 0. The second-order valence-electron chi connectivity index (χ2n) is 5.69. The van der Waals surface area contributed by atoms with Gasteiger partial charge in [0, 0.05) is 22.1 Å². The van der Waals surface area contributed by atoms with Crippen LogP contribution in [0.3, 0.4) is 0 Å². The SMILES string of the molecule is O=C(COc1ccccc1Cl)C1CSc2ccc3oc(=O)ccc3c21. The summed E-state index contributed by atoms with van der Waals surface area (Å²) in [6, 6.07) is 13.8. The maximum Gasteiger partial charge on any atom is 0.336 e. The van der Waals surface area contributed by atoms with Gasteiger partial charge in [0.15, 0.2) is 5.78 Å². The van der Waals surface area contributed by atoms with Gasteiger partial charge in [-0.15, -0.1) is 11.8 Å². The molecule has 1 atom stereocenters. The Bertz CT molecular complexity index is 1030. The van der Waals surface area contributed by atoms with E-state index in [0.29, 0.717) is 22.1 Å². The molecule has 4 rings (SSSR count). The molecule has 4 nitrogen and oxygen atoms in total.